The Morgan fingerprint density at radius 2 is 1.77 bits per heavy atom. The van der Waals surface area contributed by atoms with E-state index in [2.05, 4.69) is 5.32 Å². The minimum Gasteiger partial charge on any atom is -0.453 e. The molecule has 2 aromatic rings. The van der Waals surface area contributed by atoms with Gasteiger partial charge in [-0.25, -0.2) is 17.1 Å². The summed E-state index contributed by atoms with van der Waals surface area (Å²) in [6, 6.07) is 10.2. The number of hydrogen-bond acceptors (Lipinski definition) is 5. The monoisotopic (exact) mass is 436 g/mol. The van der Waals surface area contributed by atoms with Gasteiger partial charge in [-0.1, -0.05) is 18.2 Å². The van der Waals surface area contributed by atoms with Gasteiger partial charge >= 0.3 is 5.97 Å². The zero-order chi connectivity index (χ0) is 22.5. The van der Waals surface area contributed by atoms with Crippen molar-refractivity contribution < 1.29 is 27.1 Å². The Balaban J connectivity index is 1.98. The van der Waals surface area contributed by atoms with Gasteiger partial charge in [-0.15, -0.1) is 0 Å². The molecule has 7 nitrogen and oxygen atoms in total. The van der Waals surface area contributed by atoms with Crippen LogP contribution >= 0.6 is 0 Å². The van der Waals surface area contributed by atoms with Crippen molar-refractivity contribution in [3.8, 4) is 0 Å². The SMILES string of the molecule is Cc1ccc(S(=O)(=O)N(C)C)cc1NC(=O)C(C)OC(=O)CCc1ccc(F)cc1. The van der Waals surface area contributed by atoms with Gasteiger partial charge in [-0.2, -0.15) is 0 Å². The molecule has 0 saturated carbocycles. The molecule has 2 rings (SSSR count). The number of anilines is 1. The number of benzene rings is 2. The smallest absolute Gasteiger partial charge is 0.306 e. The van der Waals surface area contributed by atoms with E-state index in [9.17, 15) is 22.4 Å². The van der Waals surface area contributed by atoms with Crippen LogP contribution < -0.4 is 5.32 Å². The lowest BCUT2D eigenvalue weighted by Gasteiger charge is -2.17. The van der Waals surface area contributed by atoms with E-state index in [0.717, 1.165) is 9.87 Å². The quantitative estimate of drug-likeness (QED) is 0.643. The molecule has 1 unspecified atom stereocenters. The second kappa shape index (κ2) is 9.82. The molecule has 0 radical (unpaired) electrons. The van der Waals surface area contributed by atoms with Crippen molar-refractivity contribution >= 4 is 27.6 Å². The summed E-state index contributed by atoms with van der Waals surface area (Å²) in [5.41, 5.74) is 1.76. The molecule has 1 amide bonds. The van der Waals surface area contributed by atoms with E-state index in [1.807, 2.05) is 0 Å². The maximum Gasteiger partial charge on any atom is 0.306 e. The fraction of sp³-hybridized carbons (Fsp3) is 0.333. The summed E-state index contributed by atoms with van der Waals surface area (Å²) in [6.45, 7) is 3.15. The lowest BCUT2D eigenvalue weighted by molar-refractivity contribution is -0.153. The van der Waals surface area contributed by atoms with Gasteiger partial charge < -0.3 is 10.1 Å². The van der Waals surface area contributed by atoms with Crippen LogP contribution in [-0.4, -0.2) is 44.8 Å². The number of ether oxygens (including phenoxy) is 1. The number of carbonyl (C=O) groups is 2. The number of rotatable bonds is 8. The first-order chi connectivity index (χ1) is 14.0. The van der Waals surface area contributed by atoms with E-state index >= 15 is 0 Å². The molecule has 1 N–H and O–H groups in total. The van der Waals surface area contributed by atoms with Gasteiger partial charge in [0.15, 0.2) is 6.10 Å². The van der Waals surface area contributed by atoms with E-state index in [1.165, 1.54) is 45.3 Å². The minimum absolute atomic E-state index is 0.0392. The number of hydrogen-bond donors (Lipinski definition) is 1. The second-order valence-corrected chi connectivity index (χ2v) is 9.16. The van der Waals surface area contributed by atoms with Crippen molar-refractivity contribution in [1.29, 1.82) is 0 Å². The van der Waals surface area contributed by atoms with E-state index in [0.29, 0.717) is 17.7 Å². The maximum absolute atomic E-state index is 12.9. The molecule has 0 aliphatic carbocycles. The number of carbonyl (C=O) groups excluding carboxylic acids is 2. The van der Waals surface area contributed by atoms with Crippen LogP contribution in [0.4, 0.5) is 10.1 Å². The highest BCUT2D eigenvalue weighted by atomic mass is 32.2. The molecule has 0 fully saturated rings. The number of esters is 1. The first-order valence-electron chi connectivity index (χ1n) is 9.28. The molecule has 2 aromatic carbocycles. The van der Waals surface area contributed by atoms with Crippen LogP contribution in [0.1, 0.15) is 24.5 Å². The predicted molar refractivity (Wildman–Crippen MR) is 111 cm³/mol. The fourth-order valence-corrected chi connectivity index (χ4v) is 3.48. The molecule has 0 heterocycles. The third-order valence-electron chi connectivity index (χ3n) is 4.45. The number of aryl methyl sites for hydroxylation is 2. The zero-order valence-electron chi connectivity index (χ0n) is 17.3. The molecule has 1 atom stereocenters. The summed E-state index contributed by atoms with van der Waals surface area (Å²) >= 11 is 0. The summed E-state index contributed by atoms with van der Waals surface area (Å²) in [5.74, 6) is -1.50. The lowest BCUT2D eigenvalue weighted by atomic mass is 10.1. The number of amides is 1. The zero-order valence-corrected chi connectivity index (χ0v) is 18.1. The van der Waals surface area contributed by atoms with Gasteiger partial charge in [0.2, 0.25) is 10.0 Å². The van der Waals surface area contributed by atoms with E-state index in [1.54, 1.807) is 25.1 Å². The highest BCUT2D eigenvalue weighted by molar-refractivity contribution is 7.89. The number of halogens is 1. The van der Waals surface area contributed by atoms with Crippen LogP contribution in [0.15, 0.2) is 47.4 Å². The summed E-state index contributed by atoms with van der Waals surface area (Å²) < 4.78 is 43.7. The van der Waals surface area contributed by atoms with Crippen molar-refractivity contribution in [3.63, 3.8) is 0 Å². The average Bonchev–Trinajstić information content (AvgIpc) is 2.68. The predicted octanol–water partition coefficient (Wildman–Crippen LogP) is 2.89. The third kappa shape index (κ3) is 6.11. The van der Waals surface area contributed by atoms with Crippen molar-refractivity contribution in [2.24, 2.45) is 0 Å². The Morgan fingerprint density at radius 1 is 1.13 bits per heavy atom. The molecule has 0 aromatic heterocycles. The van der Waals surface area contributed by atoms with Crippen molar-refractivity contribution in [2.75, 3.05) is 19.4 Å². The van der Waals surface area contributed by atoms with Crippen LogP contribution in [0, 0.1) is 12.7 Å². The summed E-state index contributed by atoms with van der Waals surface area (Å²) in [7, 11) is -0.819. The Hall–Kier alpha value is -2.78. The van der Waals surface area contributed by atoms with Crippen molar-refractivity contribution in [1.82, 2.24) is 4.31 Å². The Bertz CT molecular complexity index is 1020. The van der Waals surface area contributed by atoms with Crippen molar-refractivity contribution in [2.45, 2.75) is 37.7 Å². The lowest BCUT2D eigenvalue weighted by Crippen LogP contribution is -2.30. The fourth-order valence-electron chi connectivity index (χ4n) is 2.55. The van der Waals surface area contributed by atoms with Gasteiger partial charge in [0.25, 0.3) is 5.91 Å². The van der Waals surface area contributed by atoms with Gasteiger partial charge in [-0.05, 0) is 55.7 Å². The average molecular weight is 437 g/mol. The molecule has 0 aliphatic heterocycles. The van der Waals surface area contributed by atoms with Crippen LogP contribution in [0.2, 0.25) is 0 Å². The Kier molecular flexibility index (Phi) is 7.69. The molecular formula is C21H25FN2O5S. The van der Waals surface area contributed by atoms with E-state index in [4.69, 9.17) is 4.74 Å². The highest BCUT2D eigenvalue weighted by Gasteiger charge is 2.21. The first-order valence-corrected chi connectivity index (χ1v) is 10.7. The van der Waals surface area contributed by atoms with Gasteiger partial charge in [0, 0.05) is 26.2 Å². The molecule has 162 valence electrons. The normalized spacial score (nSPS) is 12.5. The van der Waals surface area contributed by atoms with E-state index in [-0.39, 0.29) is 17.1 Å². The number of nitrogens with one attached hydrogen (secondary N) is 1. The Labute approximate surface area is 175 Å². The van der Waals surface area contributed by atoms with Gasteiger partial charge in [0.1, 0.15) is 5.82 Å². The molecule has 0 bridgehead atoms. The summed E-state index contributed by atoms with van der Waals surface area (Å²) in [5, 5.41) is 2.61. The molecular weight excluding hydrogens is 411 g/mol. The molecule has 0 saturated heterocycles. The first kappa shape index (κ1) is 23.5. The molecule has 9 heteroatoms. The number of nitrogens with zero attached hydrogens (tertiary/aromatic N) is 1. The van der Waals surface area contributed by atoms with Gasteiger partial charge in [0.05, 0.1) is 4.90 Å². The van der Waals surface area contributed by atoms with Crippen LogP contribution in [0.3, 0.4) is 0 Å². The molecule has 0 aliphatic rings. The van der Waals surface area contributed by atoms with E-state index < -0.39 is 28.0 Å². The summed E-state index contributed by atoms with van der Waals surface area (Å²) in [4.78, 5) is 24.5. The highest BCUT2D eigenvalue weighted by Crippen LogP contribution is 2.22. The Morgan fingerprint density at radius 3 is 2.37 bits per heavy atom. The van der Waals surface area contributed by atoms with Crippen LogP contribution in [0.5, 0.6) is 0 Å². The third-order valence-corrected chi connectivity index (χ3v) is 6.27. The topological polar surface area (TPSA) is 92.8 Å². The summed E-state index contributed by atoms with van der Waals surface area (Å²) in [6.07, 6.45) is -0.672. The van der Waals surface area contributed by atoms with Gasteiger partial charge in [-0.3, -0.25) is 9.59 Å². The molecule has 30 heavy (non-hydrogen) atoms. The van der Waals surface area contributed by atoms with Crippen molar-refractivity contribution in [3.05, 3.63) is 59.4 Å². The minimum atomic E-state index is -3.65. The van der Waals surface area contributed by atoms with Crippen LogP contribution in [-0.2, 0) is 30.8 Å². The number of sulfonamides is 1. The maximum atomic E-state index is 12.9. The second-order valence-electron chi connectivity index (χ2n) is 7.01. The standard InChI is InChI=1S/C21H25FN2O5S/c1-14-5-11-18(30(27,28)24(3)4)13-19(14)23-21(26)15(2)29-20(25)12-8-16-6-9-17(22)10-7-16/h5-7,9-11,13,15H,8,12H2,1-4H3,(H,23,26). The van der Waals surface area contributed by atoms with Crippen LogP contribution in [0.25, 0.3) is 0 Å². The molecule has 0 spiro atoms. The largest absolute Gasteiger partial charge is 0.453 e.